The summed E-state index contributed by atoms with van der Waals surface area (Å²) in [4.78, 5) is 37.7. The Hall–Kier alpha value is -2.22. The van der Waals surface area contributed by atoms with Gasteiger partial charge in [-0.15, -0.1) is 0 Å². The fourth-order valence-corrected chi connectivity index (χ4v) is 3.66. The monoisotopic (exact) mass is 385 g/mol. The maximum absolute atomic E-state index is 13.2. The van der Waals surface area contributed by atoms with Crippen LogP contribution in [0.1, 0.15) is 42.5 Å². The standard InChI is InChI=1S/C17H18ClF2N3O3/c18-11-9-13(20)12(19)8-10(11)14(24)21-6-3-7-23-15(25)17(22-16(23)26)4-1-2-5-17/h8-9H,1-7H2,(H,21,24)(H,22,26). The molecule has 1 aromatic carbocycles. The number of hydrogen-bond acceptors (Lipinski definition) is 3. The number of urea groups is 1. The zero-order chi connectivity index (χ0) is 18.9. The third-order valence-corrected chi connectivity index (χ3v) is 5.11. The first-order chi connectivity index (χ1) is 12.3. The molecule has 3 rings (SSSR count). The van der Waals surface area contributed by atoms with Crippen molar-refractivity contribution in [2.24, 2.45) is 0 Å². The van der Waals surface area contributed by atoms with E-state index in [1.54, 1.807) is 0 Å². The largest absolute Gasteiger partial charge is 0.352 e. The van der Waals surface area contributed by atoms with Crippen LogP contribution in [0, 0.1) is 11.6 Å². The van der Waals surface area contributed by atoms with Crippen molar-refractivity contribution in [3.63, 3.8) is 0 Å². The summed E-state index contributed by atoms with van der Waals surface area (Å²) in [6, 6.07) is 1.06. The summed E-state index contributed by atoms with van der Waals surface area (Å²) < 4.78 is 26.3. The van der Waals surface area contributed by atoms with Crippen LogP contribution in [0.15, 0.2) is 12.1 Å². The first-order valence-corrected chi connectivity index (χ1v) is 8.79. The van der Waals surface area contributed by atoms with Gasteiger partial charge in [-0.3, -0.25) is 14.5 Å². The van der Waals surface area contributed by atoms with Crippen molar-refractivity contribution in [2.75, 3.05) is 13.1 Å². The average Bonchev–Trinajstić information content (AvgIpc) is 3.14. The summed E-state index contributed by atoms with van der Waals surface area (Å²) >= 11 is 5.75. The maximum atomic E-state index is 13.2. The predicted molar refractivity (Wildman–Crippen MR) is 89.8 cm³/mol. The second kappa shape index (κ2) is 7.19. The van der Waals surface area contributed by atoms with E-state index in [0.717, 1.165) is 25.0 Å². The van der Waals surface area contributed by atoms with Crippen LogP contribution < -0.4 is 10.6 Å². The molecular formula is C17H18ClF2N3O3. The van der Waals surface area contributed by atoms with Crippen LogP contribution >= 0.6 is 11.6 Å². The number of benzene rings is 1. The molecule has 1 aliphatic carbocycles. The van der Waals surface area contributed by atoms with Crippen molar-refractivity contribution in [3.8, 4) is 0 Å². The van der Waals surface area contributed by atoms with Gasteiger partial charge >= 0.3 is 6.03 Å². The summed E-state index contributed by atoms with van der Waals surface area (Å²) in [5.74, 6) is -3.17. The van der Waals surface area contributed by atoms with Gasteiger partial charge in [-0.2, -0.15) is 0 Å². The zero-order valence-corrected chi connectivity index (χ0v) is 14.7. The number of carbonyl (C=O) groups is 3. The van der Waals surface area contributed by atoms with E-state index in [2.05, 4.69) is 10.6 Å². The zero-order valence-electron chi connectivity index (χ0n) is 13.9. The van der Waals surface area contributed by atoms with E-state index in [1.165, 1.54) is 4.90 Å². The minimum Gasteiger partial charge on any atom is -0.352 e. The Morgan fingerprint density at radius 1 is 1.23 bits per heavy atom. The maximum Gasteiger partial charge on any atom is 0.325 e. The van der Waals surface area contributed by atoms with Crippen molar-refractivity contribution in [1.82, 2.24) is 15.5 Å². The Bertz CT molecular complexity index is 766. The number of imide groups is 1. The first kappa shape index (κ1) is 18.6. The minimum atomic E-state index is -1.17. The molecule has 26 heavy (non-hydrogen) atoms. The Kier molecular flexibility index (Phi) is 5.13. The van der Waals surface area contributed by atoms with E-state index in [1.807, 2.05) is 0 Å². The van der Waals surface area contributed by atoms with Crippen LogP contribution in [-0.2, 0) is 4.79 Å². The van der Waals surface area contributed by atoms with Crippen LogP contribution in [0.25, 0.3) is 0 Å². The highest BCUT2D eigenvalue weighted by molar-refractivity contribution is 6.33. The number of rotatable bonds is 5. The molecule has 0 atom stereocenters. The Balaban J connectivity index is 1.51. The van der Waals surface area contributed by atoms with Crippen LogP contribution in [0.5, 0.6) is 0 Å². The molecule has 140 valence electrons. The molecule has 9 heteroatoms. The number of carbonyl (C=O) groups excluding carboxylic acids is 3. The molecule has 1 aliphatic heterocycles. The van der Waals surface area contributed by atoms with Crippen LogP contribution in [0.2, 0.25) is 5.02 Å². The van der Waals surface area contributed by atoms with Gasteiger partial charge < -0.3 is 10.6 Å². The third-order valence-electron chi connectivity index (χ3n) is 4.80. The van der Waals surface area contributed by atoms with Crippen LogP contribution in [0.4, 0.5) is 13.6 Å². The molecule has 0 bridgehead atoms. The van der Waals surface area contributed by atoms with Gasteiger partial charge in [0.2, 0.25) is 0 Å². The SMILES string of the molecule is O=C(NCCCN1C(=O)NC2(CCCC2)C1=O)c1cc(F)c(F)cc1Cl. The van der Waals surface area contributed by atoms with Crippen molar-refractivity contribution >= 4 is 29.4 Å². The quantitative estimate of drug-likeness (QED) is 0.464. The Morgan fingerprint density at radius 2 is 1.88 bits per heavy atom. The predicted octanol–water partition coefficient (Wildman–Crippen LogP) is 2.60. The molecule has 0 unspecified atom stereocenters. The van der Waals surface area contributed by atoms with Gasteiger partial charge in [0, 0.05) is 13.1 Å². The highest BCUT2D eigenvalue weighted by atomic mass is 35.5. The minimum absolute atomic E-state index is 0.151. The second-order valence-electron chi connectivity index (χ2n) is 6.53. The molecule has 1 saturated heterocycles. The molecule has 1 saturated carbocycles. The lowest BCUT2D eigenvalue weighted by Crippen LogP contribution is -2.44. The fourth-order valence-electron chi connectivity index (χ4n) is 3.43. The molecule has 6 nitrogen and oxygen atoms in total. The molecule has 1 heterocycles. The average molecular weight is 386 g/mol. The number of nitrogens with zero attached hydrogens (tertiary/aromatic N) is 1. The molecular weight excluding hydrogens is 368 g/mol. The summed E-state index contributed by atoms with van der Waals surface area (Å²) in [5, 5.41) is 5.10. The van der Waals surface area contributed by atoms with Gasteiger partial charge in [0.15, 0.2) is 11.6 Å². The van der Waals surface area contributed by atoms with Crippen molar-refractivity contribution in [1.29, 1.82) is 0 Å². The number of amides is 4. The van der Waals surface area contributed by atoms with Crippen LogP contribution in [-0.4, -0.2) is 41.4 Å². The van der Waals surface area contributed by atoms with E-state index < -0.39 is 29.1 Å². The lowest BCUT2D eigenvalue weighted by molar-refractivity contribution is -0.131. The number of hydrogen-bond donors (Lipinski definition) is 2. The van der Waals surface area contributed by atoms with E-state index in [-0.39, 0.29) is 29.6 Å². The Morgan fingerprint density at radius 3 is 2.58 bits per heavy atom. The molecule has 1 aromatic rings. The molecule has 2 N–H and O–H groups in total. The van der Waals surface area contributed by atoms with E-state index in [0.29, 0.717) is 19.3 Å². The molecule has 1 spiro atoms. The Labute approximate surface area is 153 Å². The number of nitrogens with one attached hydrogen (secondary N) is 2. The van der Waals surface area contributed by atoms with Gasteiger partial charge in [0.05, 0.1) is 10.6 Å². The summed E-state index contributed by atoms with van der Waals surface area (Å²) in [6.45, 7) is 0.316. The lowest BCUT2D eigenvalue weighted by Gasteiger charge is -2.20. The van der Waals surface area contributed by atoms with E-state index in [4.69, 9.17) is 11.6 Å². The lowest BCUT2D eigenvalue weighted by atomic mass is 9.98. The van der Waals surface area contributed by atoms with Gasteiger partial charge in [-0.05, 0) is 31.4 Å². The second-order valence-corrected chi connectivity index (χ2v) is 6.94. The topological polar surface area (TPSA) is 78.5 Å². The molecule has 0 radical (unpaired) electrons. The normalized spacial score (nSPS) is 18.5. The van der Waals surface area contributed by atoms with E-state index in [9.17, 15) is 23.2 Å². The van der Waals surface area contributed by atoms with Gasteiger partial charge in [-0.25, -0.2) is 13.6 Å². The highest BCUT2D eigenvalue weighted by Gasteiger charge is 2.51. The van der Waals surface area contributed by atoms with Crippen molar-refractivity contribution < 1.29 is 23.2 Å². The molecule has 2 fully saturated rings. The third kappa shape index (κ3) is 3.38. The molecule has 2 aliphatic rings. The summed E-state index contributed by atoms with van der Waals surface area (Å²) in [6.07, 6.45) is 3.46. The molecule has 4 amide bonds. The smallest absolute Gasteiger partial charge is 0.325 e. The van der Waals surface area contributed by atoms with Gasteiger partial charge in [0.1, 0.15) is 5.54 Å². The van der Waals surface area contributed by atoms with Crippen molar-refractivity contribution in [2.45, 2.75) is 37.6 Å². The van der Waals surface area contributed by atoms with Gasteiger partial charge in [0.25, 0.3) is 11.8 Å². The fraction of sp³-hybridized carbons (Fsp3) is 0.471. The number of halogens is 3. The molecule has 0 aromatic heterocycles. The highest BCUT2D eigenvalue weighted by Crippen LogP contribution is 2.35. The summed E-state index contributed by atoms with van der Waals surface area (Å²) in [7, 11) is 0. The van der Waals surface area contributed by atoms with Gasteiger partial charge in [-0.1, -0.05) is 24.4 Å². The first-order valence-electron chi connectivity index (χ1n) is 8.41. The van der Waals surface area contributed by atoms with Crippen LogP contribution in [0.3, 0.4) is 0 Å². The van der Waals surface area contributed by atoms with E-state index >= 15 is 0 Å². The summed E-state index contributed by atoms with van der Waals surface area (Å²) in [5.41, 5.74) is -0.926. The van der Waals surface area contributed by atoms with Crippen molar-refractivity contribution in [3.05, 3.63) is 34.4 Å².